The maximum absolute atomic E-state index is 12.7. The molecule has 0 bridgehead atoms. The van der Waals surface area contributed by atoms with Gasteiger partial charge in [0.2, 0.25) is 5.91 Å². The summed E-state index contributed by atoms with van der Waals surface area (Å²) in [7, 11) is 1.54. The Balaban J connectivity index is 1.61. The van der Waals surface area contributed by atoms with Crippen molar-refractivity contribution in [1.82, 2.24) is 20.0 Å². The number of para-hydroxylation sites is 1. The first kappa shape index (κ1) is 17.8. The highest BCUT2D eigenvalue weighted by Gasteiger charge is 2.27. The highest BCUT2D eigenvalue weighted by molar-refractivity contribution is 5.97. The molecule has 8 heteroatoms. The zero-order chi connectivity index (χ0) is 18.7. The number of aromatic nitrogens is 2. The molecule has 0 unspecified atom stereocenters. The molecule has 0 aliphatic carbocycles. The zero-order valence-electron chi connectivity index (χ0n) is 14.9. The van der Waals surface area contributed by atoms with E-state index in [1.54, 1.807) is 34.9 Å². The molecule has 1 aliphatic rings. The van der Waals surface area contributed by atoms with Crippen LogP contribution in [0.15, 0.2) is 29.1 Å². The number of aromatic amines is 2. The Bertz CT molecular complexity index is 862. The molecular weight excluding hydrogens is 336 g/mol. The number of ether oxygens (including phenoxy) is 1. The van der Waals surface area contributed by atoms with Crippen LogP contribution in [0, 0.1) is 6.92 Å². The van der Waals surface area contributed by atoms with Crippen molar-refractivity contribution in [3.63, 3.8) is 0 Å². The summed E-state index contributed by atoms with van der Waals surface area (Å²) in [5.74, 6) is 0.327. The number of nitrogens with one attached hydrogen (secondary N) is 2. The molecule has 1 fully saturated rings. The molecule has 1 saturated heterocycles. The van der Waals surface area contributed by atoms with Gasteiger partial charge >= 0.3 is 0 Å². The van der Waals surface area contributed by atoms with Gasteiger partial charge in [-0.2, -0.15) is 0 Å². The fourth-order valence-electron chi connectivity index (χ4n) is 3.10. The molecule has 0 spiro atoms. The summed E-state index contributed by atoms with van der Waals surface area (Å²) in [4.78, 5) is 40.3. The fraction of sp³-hybridized carbons (Fsp3) is 0.389. The number of amides is 2. The van der Waals surface area contributed by atoms with Gasteiger partial charge in [-0.1, -0.05) is 12.1 Å². The van der Waals surface area contributed by atoms with Crippen LogP contribution in [0.1, 0.15) is 21.6 Å². The third-order valence-corrected chi connectivity index (χ3v) is 4.68. The Morgan fingerprint density at radius 2 is 1.73 bits per heavy atom. The maximum Gasteiger partial charge on any atom is 0.267 e. The number of piperazine rings is 1. The summed E-state index contributed by atoms with van der Waals surface area (Å²) in [6.45, 7) is 3.54. The average molecular weight is 358 g/mol. The fourth-order valence-corrected chi connectivity index (χ4v) is 3.10. The minimum atomic E-state index is -0.263. The number of carbonyl (C=O) groups excluding carboxylic acids is 2. The Kier molecular flexibility index (Phi) is 5.11. The predicted molar refractivity (Wildman–Crippen MR) is 95.3 cm³/mol. The first-order valence-electron chi connectivity index (χ1n) is 8.47. The molecule has 8 nitrogen and oxygen atoms in total. The molecule has 3 rings (SSSR count). The molecule has 2 amide bonds. The van der Waals surface area contributed by atoms with E-state index in [0.29, 0.717) is 48.7 Å². The summed E-state index contributed by atoms with van der Waals surface area (Å²) < 4.78 is 5.25. The SMILES string of the molecule is COc1ccccc1C(=O)N1CCN(C(=O)Cc2c(C)[nH][nH]c2=O)CC1. The van der Waals surface area contributed by atoms with Crippen LogP contribution in [-0.4, -0.2) is 65.1 Å². The highest BCUT2D eigenvalue weighted by Crippen LogP contribution is 2.20. The molecule has 0 saturated carbocycles. The molecule has 2 aromatic rings. The van der Waals surface area contributed by atoms with E-state index in [4.69, 9.17) is 4.74 Å². The van der Waals surface area contributed by atoms with Crippen molar-refractivity contribution in [2.75, 3.05) is 33.3 Å². The van der Waals surface area contributed by atoms with Gasteiger partial charge in [-0.3, -0.25) is 19.5 Å². The molecule has 1 aliphatic heterocycles. The molecule has 1 aromatic heterocycles. The molecule has 0 radical (unpaired) electrons. The Morgan fingerprint density at radius 1 is 1.08 bits per heavy atom. The van der Waals surface area contributed by atoms with Crippen LogP contribution in [-0.2, 0) is 11.2 Å². The van der Waals surface area contributed by atoms with E-state index in [9.17, 15) is 14.4 Å². The van der Waals surface area contributed by atoms with Crippen LogP contribution < -0.4 is 10.3 Å². The lowest BCUT2D eigenvalue weighted by Gasteiger charge is -2.35. The average Bonchev–Trinajstić information content (AvgIpc) is 2.99. The van der Waals surface area contributed by atoms with Crippen molar-refractivity contribution < 1.29 is 14.3 Å². The molecule has 26 heavy (non-hydrogen) atoms. The lowest BCUT2D eigenvalue weighted by atomic mass is 10.1. The number of hydrogen-bond donors (Lipinski definition) is 2. The monoisotopic (exact) mass is 358 g/mol. The summed E-state index contributed by atoms with van der Waals surface area (Å²) in [6, 6.07) is 7.10. The molecule has 2 N–H and O–H groups in total. The van der Waals surface area contributed by atoms with Crippen LogP contribution in [0.4, 0.5) is 0 Å². The molecule has 1 aromatic carbocycles. The van der Waals surface area contributed by atoms with Crippen LogP contribution in [0.2, 0.25) is 0 Å². The van der Waals surface area contributed by atoms with Crippen LogP contribution in [0.25, 0.3) is 0 Å². The molecule has 138 valence electrons. The minimum Gasteiger partial charge on any atom is -0.496 e. The van der Waals surface area contributed by atoms with E-state index in [1.165, 1.54) is 7.11 Å². The van der Waals surface area contributed by atoms with E-state index >= 15 is 0 Å². The summed E-state index contributed by atoms with van der Waals surface area (Å²) in [5.41, 5.74) is 1.39. The highest BCUT2D eigenvalue weighted by atomic mass is 16.5. The van der Waals surface area contributed by atoms with E-state index in [-0.39, 0.29) is 23.8 Å². The van der Waals surface area contributed by atoms with E-state index in [0.717, 1.165) is 0 Å². The lowest BCUT2D eigenvalue weighted by Crippen LogP contribution is -2.51. The second kappa shape index (κ2) is 7.47. The number of aryl methyl sites for hydroxylation is 1. The molecular formula is C18H22N4O4. The topological polar surface area (TPSA) is 98.5 Å². The largest absolute Gasteiger partial charge is 0.496 e. The maximum atomic E-state index is 12.7. The number of benzene rings is 1. The normalized spacial score (nSPS) is 14.4. The van der Waals surface area contributed by atoms with Gasteiger partial charge in [-0.25, -0.2) is 0 Å². The number of hydrogen-bond acceptors (Lipinski definition) is 4. The van der Waals surface area contributed by atoms with Crippen molar-refractivity contribution in [3.8, 4) is 5.75 Å². The molecule has 2 heterocycles. The second-order valence-electron chi connectivity index (χ2n) is 6.23. The van der Waals surface area contributed by atoms with Gasteiger partial charge < -0.3 is 19.6 Å². The standard InChI is InChI=1S/C18H22N4O4/c1-12-14(17(24)20-19-12)11-16(23)21-7-9-22(10-8-21)18(25)13-5-3-4-6-15(13)26-2/h3-6H,7-11H2,1-2H3,(H2,19,20,24). The number of methoxy groups -OCH3 is 1. The van der Waals surface area contributed by atoms with Gasteiger partial charge in [-0.15, -0.1) is 0 Å². The second-order valence-corrected chi connectivity index (χ2v) is 6.23. The third-order valence-electron chi connectivity index (χ3n) is 4.68. The zero-order valence-corrected chi connectivity index (χ0v) is 14.9. The number of rotatable bonds is 4. The number of carbonyl (C=O) groups is 2. The Hall–Kier alpha value is -3.03. The van der Waals surface area contributed by atoms with Crippen molar-refractivity contribution in [2.24, 2.45) is 0 Å². The third kappa shape index (κ3) is 3.49. The van der Waals surface area contributed by atoms with Crippen molar-refractivity contribution >= 4 is 11.8 Å². The van der Waals surface area contributed by atoms with E-state index in [1.807, 2.05) is 6.07 Å². The smallest absolute Gasteiger partial charge is 0.267 e. The first-order chi connectivity index (χ1) is 12.5. The van der Waals surface area contributed by atoms with Crippen LogP contribution in [0.3, 0.4) is 0 Å². The van der Waals surface area contributed by atoms with Gasteiger partial charge in [0.05, 0.1) is 19.1 Å². The van der Waals surface area contributed by atoms with Gasteiger partial charge in [0, 0.05) is 37.4 Å². The van der Waals surface area contributed by atoms with Gasteiger partial charge in [0.15, 0.2) is 0 Å². The summed E-state index contributed by atoms with van der Waals surface area (Å²) in [5, 5.41) is 5.20. The van der Waals surface area contributed by atoms with E-state index in [2.05, 4.69) is 10.2 Å². The van der Waals surface area contributed by atoms with Crippen molar-refractivity contribution in [3.05, 3.63) is 51.4 Å². The quantitative estimate of drug-likeness (QED) is 0.834. The van der Waals surface area contributed by atoms with Crippen molar-refractivity contribution in [1.29, 1.82) is 0 Å². The summed E-state index contributed by atoms with van der Waals surface area (Å²) >= 11 is 0. The summed E-state index contributed by atoms with van der Waals surface area (Å²) in [6.07, 6.45) is 0.0606. The van der Waals surface area contributed by atoms with Gasteiger partial charge in [0.1, 0.15) is 5.75 Å². The molecule has 0 atom stereocenters. The predicted octanol–water partition coefficient (Wildman–Crippen LogP) is 0.547. The van der Waals surface area contributed by atoms with E-state index < -0.39 is 0 Å². The van der Waals surface area contributed by atoms with Crippen LogP contribution >= 0.6 is 0 Å². The minimum absolute atomic E-state index is 0.0606. The van der Waals surface area contributed by atoms with Crippen molar-refractivity contribution in [2.45, 2.75) is 13.3 Å². The number of H-pyrrole nitrogens is 2. The Labute approximate surface area is 150 Å². The Morgan fingerprint density at radius 3 is 2.35 bits per heavy atom. The lowest BCUT2D eigenvalue weighted by molar-refractivity contribution is -0.131. The van der Waals surface area contributed by atoms with Crippen LogP contribution in [0.5, 0.6) is 5.75 Å². The number of nitrogens with zero attached hydrogens (tertiary/aromatic N) is 2. The van der Waals surface area contributed by atoms with Gasteiger partial charge in [0.25, 0.3) is 11.5 Å². The first-order valence-corrected chi connectivity index (χ1v) is 8.47. The van der Waals surface area contributed by atoms with Gasteiger partial charge in [-0.05, 0) is 19.1 Å².